The fraction of sp³-hybridized carbons (Fsp3) is 0.400. The highest BCUT2D eigenvalue weighted by atomic mass is 32.1. The molecule has 1 heteroatoms. The van der Waals surface area contributed by atoms with Crippen LogP contribution in [0.4, 0.5) is 0 Å². The number of rotatable bonds is 1. The topological polar surface area (TPSA) is 0 Å². The van der Waals surface area contributed by atoms with Gasteiger partial charge in [-0.3, -0.25) is 0 Å². The van der Waals surface area contributed by atoms with Crippen LogP contribution in [0, 0.1) is 20.8 Å². The van der Waals surface area contributed by atoms with E-state index < -0.39 is 0 Å². The maximum Gasteiger partial charge on any atom is 0.0301 e. The first-order valence-corrected chi connectivity index (χ1v) is 4.67. The lowest BCUT2D eigenvalue weighted by Crippen LogP contribution is -1.74. The molecule has 0 aliphatic heterocycles. The zero-order valence-electron chi connectivity index (χ0n) is 7.56. The highest BCUT2D eigenvalue weighted by Gasteiger charge is 2.04. The maximum atomic E-state index is 2.19. The van der Waals surface area contributed by atoms with Gasteiger partial charge in [0.05, 0.1) is 0 Å². The van der Waals surface area contributed by atoms with Crippen molar-refractivity contribution in [2.45, 2.75) is 27.7 Å². The summed E-state index contributed by atoms with van der Waals surface area (Å²) in [6, 6.07) is 0. The summed E-state index contributed by atoms with van der Waals surface area (Å²) >= 11 is 1.88. The molecule has 0 aromatic carbocycles. The summed E-state index contributed by atoms with van der Waals surface area (Å²) in [7, 11) is 0. The summed E-state index contributed by atoms with van der Waals surface area (Å²) in [5.41, 5.74) is 2.88. The van der Waals surface area contributed by atoms with Crippen molar-refractivity contribution in [2.75, 3.05) is 0 Å². The molecule has 1 aromatic rings. The van der Waals surface area contributed by atoms with Crippen LogP contribution in [-0.4, -0.2) is 0 Å². The molecule has 0 amide bonds. The molecular formula is C10H14S. The number of allylic oxidation sites excluding steroid dienone is 1. The SMILES string of the molecule is CC=Cc1sc(C)c(C)c1C. The molecule has 11 heavy (non-hydrogen) atoms. The van der Waals surface area contributed by atoms with E-state index in [0.29, 0.717) is 0 Å². The Morgan fingerprint density at radius 3 is 2.09 bits per heavy atom. The predicted molar refractivity (Wildman–Crippen MR) is 53.2 cm³/mol. The predicted octanol–water partition coefficient (Wildman–Crippen LogP) is 3.71. The van der Waals surface area contributed by atoms with Crippen LogP contribution in [0.3, 0.4) is 0 Å². The van der Waals surface area contributed by atoms with Crippen molar-refractivity contribution in [2.24, 2.45) is 0 Å². The van der Waals surface area contributed by atoms with Gasteiger partial charge >= 0.3 is 0 Å². The number of thiophene rings is 1. The molecule has 1 heterocycles. The third-order valence-electron chi connectivity index (χ3n) is 2.04. The number of hydrogen-bond donors (Lipinski definition) is 0. The minimum absolute atomic E-state index is 1.41. The van der Waals surface area contributed by atoms with Gasteiger partial charge in [-0.2, -0.15) is 0 Å². The quantitative estimate of drug-likeness (QED) is 0.596. The maximum absolute atomic E-state index is 2.19. The van der Waals surface area contributed by atoms with Gasteiger partial charge in [0.15, 0.2) is 0 Å². The molecule has 0 saturated heterocycles. The van der Waals surface area contributed by atoms with E-state index in [2.05, 4.69) is 39.8 Å². The Bertz CT molecular complexity index is 279. The number of aryl methyl sites for hydroxylation is 1. The van der Waals surface area contributed by atoms with Crippen LogP contribution < -0.4 is 0 Å². The van der Waals surface area contributed by atoms with E-state index in [9.17, 15) is 0 Å². The molecule has 0 saturated carbocycles. The minimum Gasteiger partial charge on any atom is -0.141 e. The highest BCUT2D eigenvalue weighted by Crippen LogP contribution is 2.27. The van der Waals surface area contributed by atoms with Crippen molar-refractivity contribution < 1.29 is 0 Å². The molecule has 0 radical (unpaired) electrons. The molecule has 0 spiro atoms. The van der Waals surface area contributed by atoms with Crippen LogP contribution in [0.15, 0.2) is 6.08 Å². The summed E-state index contributed by atoms with van der Waals surface area (Å²) in [6.07, 6.45) is 4.28. The lowest BCUT2D eigenvalue weighted by atomic mass is 10.1. The standard InChI is InChI=1S/C10H14S/c1-5-6-10-8(3)7(2)9(4)11-10/h5-6H,1-4H3. The van der Waals surface area contributed by atoms with Crippen molar-refractivity contribution in [3.8, 4) is 0 Å². The largest absolute Gasteiger partial charge is 0.141 e. The fourth-order valence-electron chi connectivity index (χ4n) is 1.08. The first kappa shape index (κ1) is 8.54. The summed E-state index contributed by atoms with van der Waals surface area (Å²) in [6.45, 7) is 8.62. The first-order valence-electron chi connectivity index (χ1n) is 3.86. The van der Waals surface area contributed by atoms with Gasteiger partial charge in [-0.15, -0.1) is 11.3 Å². The smallest absolute Gasteiger partial charge is 0.0301 e. The minimum atomic E-state index is 1.41. The second kappa shape index (κ2) is 3.22. The zero-order chi connectivity index (χ0) is 8.43. The van der Waals surface area contributed by atoms with E-state index in [1.165, 1.54) is 20.9 Å². The van der Waals surface area contributed by atoms with E-state index in [-0.39, 0.29) is 0 Å². The average molecular weight is 166 g/mol. The van der Waals surface area contributed by atoms with Crippen LogP contribution in [0.1, 0.15) is 27.8 Å². The van der Waals surface area contributed by atoms with Crippen molar-refractivity contribution >= 4 is 17.4 Å². The van der Waals surface area contributed by atoms with Crippen LogP contribution in [0.25, 0.3) is 6.08 Å². The van der Waals surface area contributed by atoms with Gasteiger partial charge in [0.2, 0.25) is 0 Å². The van der Waals surface area contributed by atoms with Gasteiger partial charge in [0.1, 0.15) is 0 Å². The van der Waals surface area contributed by atoms with Gasteiger partial charge in [-0.1, -0.05) is 6.08 Å². The Kier molecular flexibility index (Phi) is 2.50. The molecule has 0 unspecified atom stereocenters. The highest BCUT2D eigenvalue weighted by molar-refractivity contribution is 7.13. The van der Waals surface area contributed by atoms with Gasteiger partial charge in [-0.05, 0) is 44.9 Å². The van der Waals surface area contributed by atoms with E-state index in [4.69, 9.17) is 0 Å². The molecular weight excluding hydrogens is 152 g/mol. The second-order valence-electron chi connectivity index (χ2n) is 2.77. The Morgan fingerprint density at radius 1 is 1.09 bits per heavy atom. The van der Waals surface area contributed by atoms with Crippen LogP contribution in [0.5, 0.6) is 0 Å². The third kappa shape index (κ3) is 1.54. The van der Waals surface area contributed by atoms with Gasteiger partial charge < -0.3 is 0 Å². The number of hydrogen-bond acceptors (Lipinski definition) is 1. The van der Waals surface area contributed by atoms with Crippen molar-refractivity contribution in [1.29, 1.82) is 0 Å². The van der Waals surface area contributed by atoms with Gasteiger partial charge in [0.25, 0.3) is 0 Å². The van der Waals surface area contributed by atoms with Crippen LogP contribution in [0.2, 0.25) is 0 Å². The zero-order valence-corrected chi connectivity index (χ0v) is 8.38. The van der Waals surface area contributed by atoms with E-state index in [0.717, 1.165) is 0 Å². The second-order valence-corrected chi connectivity index (χ2v) is 4.03. The Balaban J connectivity index is 3.18. The Hall–Kier alpha value is -0.560. The third-order valence-corrected chi connectivity index (χ3v) is 3.32. The van der Waals surface area contributed by atoms with E-state index in [1.807, 2.05) is 11.3 Å². The lowest BCUT2D eigenvalue weighted by molar-refractivity contribution is 1.34. The van der Waals surface area contributed by atoms with Crippen LogP contribution >= 0.6 is 11.3 Å². The molecule has 60 valence electrons. The summed E-state index contributed by atoms with van der Waals surface area (Å²) in [5, 5.41) is 0. The Labute approximate surface area is 72.6 Å². The molecule has 0 bridgehead atoms. The van der Waals surface area contributed by atoms with E-state index in [1.54, 1.807) is 0 Å². The van der Waals surface area contributed by atoms with Crippen molar-refractivity contribution in [1.82, 2.24) is 0 Å². The Morgan fingerprint density at radius 2 is 1.73 bits per heavy atom. The van der Waals surface area contributed by atoms with Gasteiger partial charge in [-0.25, -0.2) is 0 Å². The van der Waals surface area contributed by atoms with Crippen LogP contribution in [-0.2, 0) is 0 Å². The molecule has 1 aromatic heterocycles. The molecule has 0 atom stereocenters. The summed E-state index contributed by atoms with van der Waals surface area (Å²) in [4.78, 5) is 2.85. The molecule has 1 rings (SSSR count). The molecule has 0 fully saturated rings. The fourth-order valence-corrected chi connectivity index (χ4v) is 2.22. The summed E-state index contributed by atoms with van der Waals surface area (Å²) < 4.78 is 0. The molecule has 0 nitrogen and oxygen atoms in total. The average Bonchev–Trinajstić information content (AvgIpc) is 2.19. The molecule has 0 aliphatic rings. The summed E-state index contributed by atoms with van der Waals surface area (Å²) in [5.74, 6) is 0. The van der Waals surface area contributed by atoms with Gasteiger partial charge in [0, 0.05) is 9.75 Å². The normalized spacial score (nSPS) is 11.3. The van der Waals surface area contributed by atoms with Crippen molar-refractivity contribution in [3.63, 3.8) is 0 Å². The molecule has 0 N–H and O–H groups in total. The lowest BCUT2D eigenvalue weighted by Gasteiger charge is -1.90. The molecule has 0 aliphatic carbocycles. The first-order chi connectivity index (χ1) is 5.16. The van der Waals surface area contributed by atoms with E-state index >= 15 is 0 Å². The monoisotopic (exact) mass is 166 g/mol. The van der Waals surface area contributed by atoms with Crippen molar-refractivity contribution in [3.05, 3.63) is 27.0 Å².